The van der Waals surface area contributed by atoms with Gasteiger partial charge in [-0.2, -0.15) is 4.31 Å². The van der Waals surface area contributed by atoms with E-state index < -0.39 is 14.9 Å². The third-order valence-corrected chi connectivity index (χ3v) is 6.61. The van der Waals surface area contributed by atoms with Crippen molar-refractivity contribution in [3.8, 4) is 0 Å². The average Bonchev–Trinajstić information content (AvgIpc) is 3.10. The molecule has 10 nitrogen and oxygen atoms in total. The Hall–Kier alpha value is -2.02. The lowest BCUT2D eigenvalue weighted by atomic mass is 10.3. The molecule has 0 saturated carbocycles. The number of aromatic nitrogens is 3. The van der Waals surface area contributed by atoms with Crippen molar-refractivity contribution in [3.63, 3.8) is 0 Å². The molecule has 0 atom stereocenters. The molecule has 0 amide bonds. The second-order valence-corrected chi connectivity index (χ2v) is 8.37. The molecule has 26 heavy (non-hydrogen) atoms. The Kier molecular flexibility index (Phi) is 5.55. The lowest BCUT2D eigenvalue weighted by Gasteiger charge is -2.26. The Labute approximate surface area is 154 Å². The van der Waals surface area contributed by atoms with Crippen molar-refractivity contribution in [2.75, 3.05) is 26.3 Å². The van der Waals surface area contributed by atoms with Crippen molar-refractivity contribution in [3.05, 3.63) is 34.1 Å². The van der Waals surface area contributed by atoms with E-state index in [2.05, 4.69) is 15.2 Å². The first-order valence-corrected chi connectivity index (χ1v) is 10.1. The molecule has 0 unspecified atom stereocenters. The number of aromatic amines is 1. The molecule has 1 saturated heterocycles. The van der Waals surface area contributed by atoms with Crippen LogP contribution in [0.4, 0.5) is 5.69 Å². The van der Waals surface area contributed by atoms with Gasteiger partial charge in [-0.1, -0.05) is 6.92 Å². The molecule has 1 aliphatic heterocycles. The molecule has 0 aliphatic carbocycles. The number of nitro groups is 1. The van der Waals surface area contributed by atoms with E-state index in [9.17, 15) is 18.5 Å². The van der Waals surface area contributed by atoms with E-state index in [1.54, 1.807) is 0 Å². The lowest BCUT2D eigenvalue weighted by Crippen LogP contribution is -2.40. The fourth-order valence-corrected chi connectivity index (χ4v) is 4.65. The number of hydrogen-bond donors (Lipinski definition) is 1. The van der Waals surface area contributed by atoms with Crippen LogP contribution in [0.1, 0.15) is 12.7 Å². The summed E-state index contributed by atoms with van der Waals surface area (Å²) in [6, 6.07) is 3.87. The molecule has 1 aliphatic rings. The van der Waals surface area contributed by atoms with Gasteiger partial charge < -0.3 is 4.74 Å². The van der Waals surface area contributed by atoms with Crippen molar-refractivity contribution in [1.29, 1.82) is 0 Å². The van der Waals surface area contributed by atoms with Crippen LogP contribution in [0.15, 0.2) is 33.1 Å². The zero-order valence-electron chi connectivity index (χ0n) is 13.9. The Morgan fingerprint density at radius 1 is 1.38 bits per heavy atom. The molecule has 3 rings (SSSR count). The SMILES string of the molecule is CCc1nc(Sc2ccc(S(=O)(=O)N3CCOCC3)cc2[N+](=O)[O-])n[nH]1. The number of nitro benzene ring substituents is 1. The van der Waals surface area contributed by atoms with Gasteiger partial charge in [0.2, 0.25) is 15.2 Å². The van der Waals surface area contributed by atoms with Gasteiger partial charge in [0.05, 0.1) is 27.9 Å². The van der Waals surface area contributed by atoms with Crippen LogP contribution in [-0.4, -0.2) is 59.1 Å². The van der Waals surface area contributed by atoms with Crippen LogP contribution in [0, 0.1) is 10.1 Å². The third-order valence-electron chi connectivity index (χ3n) is 3.78. The summed E-state index contributed by atoms with van der Waals surface area (Å²) in [5.74, 6) is 0.668. The van der Waals surface area contributed by atoms with Crippen molar-refractivity contribution in [2.24, 2.45) is 0 Å². The number of morpholine rings is 1. The summed E-state index contributed by atoms with van der Waals surface area (Å²) in [5, 5.41) is 18.5. The number of ether oxygens (including phenoxy) is 1. The van der Waals surface area contributed by atoms with Gasteiger partial charge in [-0.05, 0) is 23.9 Å². The smallest absolute Gasteiger partial charge is 0.284 e. The summed E-state index contributed by atoms with van der Waals surface area (Å²) in [5.41, 5.74) is -0.299. The predicted molar refractivity (Wildman–Crippen MR) is 92.6 cm³/mol. The number of hydrogen-bond acceptors (Lipinski definition) is 8. The number of benzene rings is 1. The minimum absolute atomic E-state index is 0.111. The summed E-state index contributed by atoms with van der Waals surface area (Å²) in [6.07, 6.45) is 0.659. The Balaban J connectivity index is 1.92. The maximum atomic E-state index is 12.7. The number of H-pyrrole nitrogens is 1. The normalized spacial score (nSPS) is 15.9. The monoisotopic (exact) mass is 399 g/mol. The van der Waals surface area contributed by atoms with Crippen LogP contribution in [0.5, 0.6) is 0 Å². The predicted octanol–water partition coefficient (Wildman–Crippen LogP) is 1.45. The molecular weight excluding hydrogens is 382 g/mol. The third kappa shape index (κ3) is 3.87. The first kappa shape index (κ1) is 18.8. The van der Waals surface area contributed by atoms with Gasteiger partial charge in [0.1, 0.15) is 5.82 Å². The van der Waals surface area contributed by atoms with Gasteiger partial charge in [-0.15, -0.1) is 5.10 Å². The number of nitrogens with zero attached hydrogens (tertiary/aromatic N) is 4. The maximum absolute atomic E-state index is 12.7. The highest BCUT2D eigenvalue weighted by Gasteiger charge is 2.29. The summed E-state index contributed by atoms with van der Waals surface area (Å²) in [7, 11) is -3.81. The van der Waals surface area contributed by atoms with E-state index in [1.165, 1.54) is 16.4 Å². The highest BCUT2D eigenvalue weighted by atomic mass is 32.2. The first-order valence-electron chi connectivity index (χ1n) is 7.87. The number of sulfonamides is 1. The zero-order chi connectivity index (χ0) is 18.7. The van der Waals surface area contributed by atoms with Gasteiger partial charge in [-0.3, -0.25) is 15.2 Å². The van der Waals surface area contributed by atoms with Crippen molar-refractivity contribution < 1.29 is 18.1 Å². The van der Waals surface area contributed by atoms with Crippen LogP contribution in [0.25, 0.3) is 0 Å². The Bertz CT molecular complexity index is 908. The Morgan fingerprint density at radius 2 is 2.12 bits per heavy atom. The summed E-state index contributed by atoms with van der Waals surface area (Å²) in [6.45, 7) is 2.97. The summed E-state index contributed by atoms with van der Waals surface area (Å²) < 4.78 is 31.8. The molecule has 0 bridgehead atoms. The van der Waals surface area contributed by atoms with Crippen LogP contribution >= 0.6 is 11.8 Å². The standard InChI is InChI=1S/C14H17N5O5S2/c1-2-13-15-14(17-16-13)25-12-4-3-10(9-11(12)19(20)21)26(22,23)18-5-7-24-8-6-18/h3-4,9H,2,5-8H2,1H3,(H,15,16,17). The van der Waals surface area contributed by atoms with Crippen molar-refractivity contribution >= 4 is 27.5 Å². The fraction of sp³-hybridized carbons (Fsp3) is 0.429. The van der Waals surface area contributed by atoms with E-state index in [0.717, 1.165) is 17.8 Å². The zero-order valence-corrected chi connectivity index (χ0v) is 15.5. The maximum Gasteiger partial charge on any atom is 0.284 e. The summed E-state index contributed by atoms with van der Waals surface area (Å²) in [4.78, 5) is 15.2. The molecule has 140 valence electrons. The van der Waals surface area contributed by atoms with Gasteiger partial charge in [0.25, 0.3) is 5.69 Å². The van der Waals surface area contributed by atoms with E-state index >= 15 is 0 Å². The molecule has 0 spiro atoms. The van der Waals surface area contributed by atoms with Crippen molar-refractivity contribution in [1.82, 2.24) is 19.5 Å². The molecule has 1 aromatic heterocycles. The second kappa shape index (κ2) is 7.70. The van der Waals surface area contributed by atoms with Gasteiger partial charge >= 0.3 is 0 Å². The van der Waals surface area contributed by atoms with Crippen LogP contribution in [-0.2, 0) is 21.2 Å². The minimum atomic E-state index is -3.81. The van der Waals surface area contributed by atoms with Gasteiger partial charge in [-0.25, -0.2) is 13.4 Å². The molecular formula is C14H17N5O5S2. The quantitative estimate of drug-likeness (QED) is 0.570. The van der Waals surface area contributed by atoms with E-state index in [0.29, 0.717) is 30.6 Å². The van der Waals surface area contributed by atoms with E-state index in [4.69, 9.17) is 4.74 Å². The fourth-order valence-electron chi connectivity index (χ4n) is 2.40. The molecule has 0 radical (unpaired) electrons. The minimum Gasteiger partial charge on any atom is -0.379 e. The highest BCUT2D eigenvalue weighted by molar-refractivity contribution is 7.99. The number of rotatable bonds is 6. The molecule has 12 heteroatoms. The number of aryl methyl sites for hydroxylation is 1. The van der Waals surface area contributed by atoms with Crippen LogP contribution < -0.4 is 0 Å². The van der Waals surface area contributed by atoms with Crippen molar-refractivity contribution in [2.45, 2.75) is 28.3 Å². The number of nitrogens with one attached hydrogen (secondary N) is 1. The average molecular weight is 399 g/mol. The molecule has 1 aromatic carbocycles. The molecule has 1 N–H and O–H groups in total. The topological polar surface area (TPSA) is 131 Å². The van der Waals surface area contributed by atoms with Crippen LogP contribution in [0.3, 0.4) is 0 Å². The van der Waals surface area contributed by atoms with Gasteiger partial charge in [0.15, 0.2) is 0 Å². The molecule has 2 aromatic rings. The van der Waals surface area contributed by atoms with E-state index in [-0.39, 0.29) is 28.6 Å². The van der Waals surface area contributed by atoms with Crippen LogP contribution in [0.2, 0.25) is 0 Å². The molecule has 1 fully saturated rings. The van der Waals surface area contributed by atoms with E-state index in [1.807, 2.05) is 6.92 Å². The first-order chi connectivity index (χ1) is 12.4. The second-order valence-electron chi connectivity index (χ2n) is 5.42. The Morgan fingerprint density at radius 3 is 2.73 bits per heavy atom. The van der Waals surface area contributed by atoms with Gasteiger partial charge in [0, 0.05) is 25.6 Å². The summed E-state index contributed by atoms with van der Waals surface area (Å²) >= 11 is 1.01. The highest BCUT2D eigenvalue weighted by Crippen LogP contribution is 2.35. The lowest BCUT2D eigenvalue weighted by molar-refractivity contribution is -0.388. The largest absolute Gasteiger partial charge is 0.379 e. The molecule has 2 heterocycles.